The summed E-state index contributed by atoms with van der Waals surface area (Å²) in [4.78, 5) is 0. The molecule has 14 heavy (non-hydrogen) atoms. The number of ether oxygens (including phenoxy) is 1. The highest BCUT2D eigenvalue weighted by molar-refractivity contribution is 5.31. The molecule has 0 amide bonds. The first-order valence-corrected chi connectivity index (χ1v) is 5.12. The van der Waals surface area contributed by atoms with Crippen LogP contribution < -0.4 is 4.74 Å². The summed E-state index contributed by atoms with van der Waals surface area (Å²) in [5, 5.41) is 0. The minimum atomic E-state index is -0.202. The summed E-state index contributed by atoms with van der Waals surface area (Å²) in [6.07, 6.45) is 2.54. The van der Waals surface area contributed by atoms with Crippen LogP contribution in [0.2, 0.25) is 0 Å². The van der Waals surface area contributed by atoms with Gasteiger partial charge in [-0.3, -0.25) is 0 Å². The van der Waals surface area contributed by atoms with E-state index < -0.39 is 0 Å². The summed E-state index contributed by atoms with van der Waals surface area (Å²) in [7, 11) is 0. The van der Waals surface area contributed by atoms with Crippen LogP contribution in [0.25, 0.3) is 0 Å². The van der Waals surface area contributed by atoms with Gasteiger partial charge in [0.1, 0.15) is 11.6 Å². The lowest BCUT2D eigenvalue weighted by atomic mass is 10.0. The van der Waals surface area contributed by atoms with Gasteiger partial charge in [0.05, 0.1) is 6.10 Å². The predicted octanol–water partition coefficient (Wildman–Crippen LogP) is 3.49. The molecule has 0 spiro atoms. The van der Waals surface area contributed by atoms with Crippen molar-refractivity contribution in [3.05, 3.63) is 29.6 Å². The largest absolute Gasteiger partial charge is 0.490 e. The predicted molar refractivity (Wildman–Crippen MR) is 54.1 cm³/mol. The van der Waals surface area contributed by atoms with Crippen LogP contribution in [0.1, 0.15) is 38.2 Å². The Bertz CT molecular complexity index is 329. The Hall–Kier alpha value is -1.05. The molecule has 0 N–H and O–H groups in total. The summed E-state index contributed by atoms with van der Waals surface area (Å²) in [6, 6.07) is 4.97. The number of benzene rings is 1. The molecule has 0 heterocycles. The molecule has 0 saturated heterocycles. The van der Waals surface area contributed by atoms with E-state index in [-0.39, 0.29) is 5.82 Å². The molecular weight excluding hydrogens is 179 g/mol. The van der Waals surface area contributed by atoms with Gasteiger partial charge in [0.15, 0.2) is 0 Å². The van der Waals surface area contributed by atoms with Crippen LogP contribution in [0.3, 0.4) is 0 Å². The lowest BCUT2D eigenvalue weighted by Crippen LogP contribution is -1.98. The van der Waals surface area contributed by atoms with E-state index in [1.54, 1.807) is 6.07 Å². The van der Waals surface area contributed by atoms with Crippen molar-refractivity contribution in [2.45, 2.75) is 38.7 Å². The fourth-order valence-electron chi connectivity index (χ4n) is 1.36. The molecule has 1 nitrogen and oxygen atoms in total. The van der Waals surface area contributed by atoms with Crippen LogP contribution >= 0.6 is 0 Å². The lowest BCUT2D eigenvalue weighted by molar-refractivity contribution is 0.301. The third kappa shape index (κ3) is 2.25. The molecule has 2 rings (SSSR count). The topological polar surface area (TPSA) is 9.23 Å². The van der Waals surface area contributed by atoms with E-state index in [0.29, 0.717) is 17.8 Å². The molecular formula is C12H15FO. The zero-order valence-corrected chi connectivity index (χ0v) is 8.59. The van der Waals surface area contributed by atoms with Gasteiger partial charge in [-0.2, -0.15) is 0 Å². The second-order valence-electron chi connectivity index (χ2n) is 4.19. The Balaban J connectivity index is 2.21. The van der Waals surface area contributed by atoms with Gasteiger partial charge < -0.3 is 4.74 Å². The first kappa shape index (κ1) is 9.50. The first-order valence-electron chi connectivity index (χ1n) is 5.12. The van der Waals surface area contributed by atoms with Crippen LogP contribution in [-0.2, 0) is 0 Å². The van der Waals surface area contributed by atoms with Crippen molar-refractivity contribution >= 4 is 0 Å². The Morgan fingerprint density at radius 1 is 1.29 bits per heavy atom. The molecule has 1 aliphatic carbocycles. The summed E-state index contributed by atoms with van der Waals surface area (Å²) in [6.45, 7) is 4.10. The smallest absolute Gasteiger partial charge is 0.127 e. The van der Waals surface area contributed by atoms with E-state index in [1.807, 2.05) is 6.07 Å². The number of hydrogen-bond donors (Lipinski definition) is 0. The summed E-state index contributed by atoms with van der Waals surface area (Å²) < 4.78 is 18.7. The van der Waals surface area contributed by atoms with E-state index in [4.69, 9.17) is 4.74 Å². The molecule has 1 aliphatic rings. The van der Waals surface area contributed by atoms with E-state index >= 15 is 0 Å². The van der Waals surface area contributed by atoms with Crippen molar-refractivity contribution < 1.29 is 9.13 Å². The van der Waals surface area contributed by atoms with Crippen molar-refractivity contribution in [3.8, 4) is 5.75 Å². The van der Waals surface area contributed by atoms with Crippen molar-refractivity contribution in [3.63, 3.8) is 0 Å². The molecule has 76 valence electrons. The van der Waals surface area contributed by atoms with Crippen LogP contribution in [0.15, 0.2) is 18.2 Å². The molecule has 0 aromatic heterocycles. The molecule has 0 atom stereocenters. The Morgan fingerprint density at radius 3 is 2.57 bits per heavy atom. The van der Waals surface area contributed by atoms with Crippen molar-refractivity contribution in [1.82, 2.24) is 0 Å². The number of rotatable bonds is 3. The molecule has 1 saturated carbocycles. The molecule has 2 heteroatoms. The highest BCUT2D eigenvalue weighted by atomic mass is 19.1. The van der Waals surface area contributed by atoms with Gasteiger partial charge in [-0.05, 0) is 36.5 Å². The number of hydrogen-bond acceptors (Lipinski definition) is 1. The van der Waals surface area contributed by atoms with Gasteiger partial charge in [0.25, 0.3) is 0 Å². The minimum Gasteiger partial charge on any atom is -0.490 e. The second kappa shape index (κ2) is 3.60. The van der Waals surface area contributed by atoms with E-state index in [1.165, 1.54) is 6.07 Å². The highest BCUT2D eigenvalue weighted by Gasteiger charge is 2.23. The van der Waals surface area contributed by atoms with Gasteiger partial charge in [0, 0.05) is 6.07 Å². The fourth-order valence-corrected chi connectivity index (χ4v) is 1.36. The second-order valence-corrected chi connectivity index (χ2v) is 4.19. The molecule has 0 unspecified atom stereocenters. The van der Waals surface area contributed by atoms with Crippen molar-refractivity contribution in [1.29, 1.82) is 0 Å². The van der Waals surface area contributed by atoms with Gasteiger partial charge >= 0.3 is 0 Å². The van der Waals surface area contributed by atoms with Gasteiger partial charge in [-0.25, -0.2) is 4.39 Å². The van der Waals surface area contributed by atoms with E-state index in [9.17, 15) is 4.39 Å². The molecule has 1 fully saturated rings. The minimum absolute atomic E-state index is 0.202. The summed E-state index contributed by atoms with van der Waals surface area (Å²) in [5.41, 5.74) is 1.00. The van der Waals surface area contributed by atoms with E-state index in [0.717, 1.165) is 18.4 Å². The molecule has 1 aromatic carbocycles. The van der Waals surface area contributed by atoms with Gasteiger partial charge in [-0.1, -0.05) is 13.8 Å². The Labute approximate surface area is 83.9 Å². The molecule has 1 aromatic rings. The number of halogens is 1. The van der Waals surface area contributed by atoms with Crippen LogP contribution in [-0.4, -0.2) is 6.10 Å². The normalized spacial score (nSPS) is 16.0. The first-order chi connectivity index (χ1) is 6.65. The summed E-state index contributed by atoms with van der Waals surface area (Å²) in [5.74, 6) is 0.815. The fraction of sp³-hybridized carbons (Fsp3) is 0.500. The SMILES string of the molecule is CC(C)c1cc(F)cc(OC2CC2)c1. The molecule has 0 radical (unpaired) electrons. The average molecular weight is 194 g/mol. The molecule has 0 aliphatic heterocycles. The van der Waals surface area contributed by atoms with Crippen LogP contribution in [0, 0.1) is 5.82 Å². The van der Waals surface area contributed by atoms with Gasteiger partial charge in [-0.15, -0.1) is 0 Å². The lowest BCUT2D eigenvalue weighted by Gasteiger charge is -2.09. The van der Waals surface area contributed by atoms with E-state index in [2.05, 4.69) is 13.8 Å². The monoisotopic (exact) mass is 194 g/mol. The maximum absolute atomic E-state index is 13.2. The quantitative estimate of drug-likeness (QED) is 0.715. The molecule has 0 bridgehead atoms. The third-order valence-electron chi connectivity index (χ3n) is 2.39. The van der Waals surface area contributed by atoms with Crippen molar-refractivity contribution in [2.75, 3.05) is 0 Å². The van der Waals surface area contributed by atoms with Crippen LogP contribution in [0.5, 0.6) is 5.75 Å². The third-order valence-corrected chi connectivity index (χ3v) is 2.39. The van der Waals surface area contributed by atoms with Crippen molar-refractivity contribution in [2.24, 2.45) is 0 Å². The van der Waals surface area contributed by atoms with Gasteiger partial charge in [0.2, 0.25) is 0 Å². The Morgan fingerprint density at radius 2 is 2.00 bits per heavy atom. The summed E-state index contributed by atoms with van der Waals surface area (Å²) >= 11 is 0. The maximum Gasteiger partial charge on any atom is 0.127 e. The Kier molecular flexibility index (Phi) is 2.44. The average Bonchev–Trinajstić information content (AvgIpc) is 2.87. The highest BCUT2D eigenvalue weighted by Crippen LogP contribution is 2.29. The maximum atomic E-state index is 13.2. The van der Waals surface area contributed by atoms with Crippen LogP contribution in [0.4, 0.5) is 4.39 Å². The zero-order chi connectivity index (χ0) is 10.1. The standard InChI is InChI=1S/C12H15FO/c1-8(2)9-5-10(13)7-12(6-9)14-11-3-4-11/h5-8,11H,3-4H2,1-2H3. The zero-order valence-electron chi connectivity index (χ0n) is 8.59.